The molecule has 2 rings (SSSR count). The van der Waals surface area contributed by atoms with E-state index < -0.39 is 24.3 Å². The molecule has 3 unspecified atom stereocenters. The number of piperidine rings is 1. The molecule has 1 saturated heterocycles. The van der Waals surface area contributed by atoms with E-state index in [1.54, 1.807) is 35.2 Å². The van der Waals surface area contributed by atoms with Crippen LogP contribution in [0.4, 0.5) is 4.39 Å². The number of halogens is 1. The fourth-order valence-electron chi connectivity index (χ4n) is 2.49. The SMILES string of the molecule is N#CCC(O)CN1CCC(OC(=O)c2ccccc2)C(F)C1. The van der Waals surface area contributed by atoms with Crippen LogP contribution in [0.1, 0.15) is 23.2 Å². The van der Waals surface area contributed by atoms with Crippen molar-refractivity contribution in [2.45, 2.75) is 31.2 Å². The molecule has 0 amide bonds. The fraction of sp³-hybridized carbons (Fsp3) is 0.500. The maximum atomic E-state index is 14.1. The summed E-state index contributed by atoms with van der Waals surface area (Å²) in [6.07, 6.45) is -2.44. The first-order chi connectivity index (χ1) is 10.6. The number of β-amino-alcohol motifs (C(OH)–C–C–N with tert-alkyl or cyclic N) is 1. The maximum absolute atomic E-state index is 14.1. The number of aliphatic hydroxyl groups is 1. The highest BCUT2D eigenvalue weighted by atomic mass is 19.1. The largest absolute Gasteiger partial charge is 0.456 e. The number of carbonyl (C=O) groups is 1. The Bertz CT molecular complexity index is 532. The molecule has 0 aromatic heterocycles. The van der Waals surface area contributed by atoms with Gasteiger partial charge in [0.15, 0.2) is 0 Å². The van der Waals surface area contributed by atoms with E-state index >= 15 is 0 Å². The van der Waals surface area contributed by atoms with Gasteiger partial charge in [0, 0.05) is 26.1 Å². The molecule has 118 valence electrons. The highest BCUT2D eigenvalue weighted by Gasteiger charge is 2.32. The van der Waals surface area contributed by atoms with E-state index in [9.17, 15) is 14.3 Å². The van der Waals surface area contributed by atoms with Crippen molar-refractivity contribution < 1.29 is 19.0 Å². The summed E-state index contributed by atoms with van der Waals surface area (Å²) < 4.78 is 19.4. The molecule has 22 heavy (non-hydrogen) atoms. The Labute approximate surface area is 128 Å². The quantitative estimate of drug-likeness (QED) is 0.835. The zero-order valence-corrected chi connectivity index (χ0v) is 12.2. The number of hydrogen-bond acceptors (Lipinski definition) is 5. The number of nitriles is 1. The Kier molecular flexibility index (Phi) is 5.87. The minimum absolute atomic E-state index is 0.0277. The average Bonchev–Trinajstić information content (AvgIpc) is 2.51. The third-order valence-corrected chi connectivity index (χ3v) is 3.63. The van der Waals surface area contributed by atoms with Crippen molar-refractivity contribution in [3.8, 4) is 6.07 Å². The molecule has 0 aliphatic carbocycles. The molecule has 1 fully saturated rings. The van der Waals surface area contributed by atoms with Gasteiger partial charge in [-0.05, 0) is 12.1 Å². The molecule has 0 bridgehead atoms. The number of esters is 1. The number of alkyl halides is 1. The molecule has 1 aromatic rings. The van der Waals surface area contributed by atoms with Crippen LogP contribution in [0, 0.1) is 11.3 Å². The van der Waals surface area contributed by atoms with Crippen molar-refractivity contribution in [1.29, 1.82) is 5.26 Å². The van der Waals surface area contributed by atoms with Crippen molar-refractivity contribution in [2.24, 2.45) is 0 Å². The first kappa shape index (κ1) is 16.4. The summed E-state index contributed by atoms with van der Waals surface area (Å²) in [6, 6.07) is 10.4. The Hall–Kier alpha value is -1.97. The van der Waals surface area contributed by atoms with Gasteiger partial charge in [0.25, 0.3) is 0 Å². The zero-order chi connectivity index (χ0) is 15.9. The molecular weight excluding hydrogens is 287 g/mol. The second-order valence-corrected chi connectivity index (χ2v) is 5.39. The Morgan fingerprint density at radius 2 is 2.23 bits per heavy atom. The molecule has 6 heteroatoms. The minimum atomic E-state index is -1.30. The van der Waals surface area contributed by atoms with Crippen LogP contribution in [0.3, 0.4) is 0 Å². The van der Waals surface area contributed by atoms with Crippen LogP contribution in [0.15, 0.2) is 30.3 Å². The van der Waals surface area contributed by atoms with Crippen LogP contribution in [0.5, 0.6) is 0 Å². The standard InChI is InChI=1S/C16H19FN2O3/c17-14-11-19(10-13(20)6-8-18)9-7-15(14)22-16(21)12-4-2-1-3-5-12/h1-5,13-15,20H,6-7,9-11H2. The van der Waals surface area contributed by atoms with E-state index in [0.29, 0.717) is 18.5 Å². The fourth-order valence-corrected chi connectivity index (χ4v) is 2.49. The summed E-state index contributed by atoms with van der Waals surface area (Å²) in [6.45, 7) is 0.873. The van der Waals surface area contributed by atoms with Gasteiger partial charge in [-0.1, -0.05) is 18.2 Å². The van der Waals surface area contributed by atoms with Crippen LogP contribution in [-0.2, 0) is 4.74 Å². The van der Waals surface area contributed by atoms with Gasteiger partial charge >= 0.3 is 5.97 Å². The lowest BCUT2D eigenvalue weighted by Gasteiger charge is -2.34. The van der Waals surface area contributed by atoms with Gasteiger partial charge in [-0.2, -0.15) is 5.26 Å². The number of benzene rings is 1. The molecule has 1 aromatic carbocycles. The monoisotopic (exact) mass is 306 g/mol. The van der Waals surface area contributed by atoms with Crippen molar-refractivity contribution in [2.75, 3.05) is 19.6 Å². The number of nitrogens with zero attached hydrogens (tertiary/aromatic N) is 2. The van der Waals surface area contributed by atoms with E-state index in [0.717, 1.165) is 0 Å². The van der Waals surface area contributed by atoms with Crippen molar-refractivity contribution in [1.82, 2.24) is 4.90 Å². The van der Waals surface area contributed by atoms with E-state index in [4.69, 9.17) is 10.00 Å². The molecule has 1 heterocycles. The van der Waals surface area contributed by atoms with Gasteiger partial charge < -0.3 is 9.84 Å². The molecule has 5 nitrogen and oxygen atoms in total. The van der Waals surface area contributed by atoms with Crippen LogP contribution in [-0.4, -0.2) is 54.0 Å². The number of ether oxygens (including phenoxy) is 1. The van der Waals surface area contributed by atoms with Crippen molar-refractivity contribution >= 4 is 5.97 Å². The summed E-state index contributed by atoms with van der Waals surface area (Å²) >= 11 is 0. The maximum Gasteiger partial charge on any atom is 0.338 e. The van der Waals surface area contributed by atoms with Gasteiger partial charge in [-0.3, -0.25) is 4.90 Å². The highest BCUT2D eigenvalue weighted by molar-refractivity contribution is 5.89. The Morgan fingerprint density at radius 3 is 2.86 bits per heavy atom. The van der Waals surface area contributed by atoms with E-state index in [1.165, 1.54) is 0 Å². The highest BCUT2D eigenvalue weighted by Crippen LogP contribution is 2.19. The lowest BCUT2D eigenvalue weighted by molar-refractivity contribution is -0.0321. The van der Waals surface area contributed by atoms with Gasteiger partial charge in [0.1, 0.15) is 12.3 Å². The number of rotatable bonds is 5. The predicted molar refractivity (Wildman–Crippen MR) is 77.8 cm³/mol. The molecule has 0 radical (unpaired) electrons. The normalized spacial score (nSPS) is 23.5. The summed E-state index contributed by atoms with van der Waals surface area (Å²) in [5, 5.41) is 18.1. The summed E-state index contributed by atoms with van der Waals surface area (Å²) in [5.41, 5.74) is 0.404. The predicted octanol–water partition coefficient (Wildman–Crippen LogP) is 1.53. The van der Waals surface area contributed by atoms with E-state index in [1.807, 2.05) is 6.07 Å². The summed E-state index contributed by atoms with van der Waals surface area (Å²) in [5.74, 6) is -0.522. The van der Waals surface area contributed by atoms with Gasteiger partial charge in [0.05, 0.1) is 24.2 Å². The molecule has 1 aliphatic heterocycles. The van der Waals surface area contributed by atoms with Gasteiger partial charge in [-0.15, -0.1) is 0 Å². The summed E-state index contributed by atoms with van der Waals surface area (Å²) in [7, 11) is 0. The van der Waals surface area contributed by atoms with Crippen molar-refractivity contribution in [3.05, 3.63) is 35.9 Å². The molecule has 1 N–H and O–H groups in total. The van der Waals surface area contributed by atoms with Crippen LogP contribution in [0.25, 0.3) is 0 Å². The third-order valence-electron chi connectivity index (χ3n) is 3.63. The van der Waals surface area contributed by atoms with Gasteiger partial charge in [-0.25, -0.2) is 9.18 Å². The second kappa shape index (κ2) is 7.87. The third kappa shape index (κ3) is 4.52. The second-order valence-electron chi connectivity index (χ2n) is 5.39. The van der Waals surface area contributed by atoms with Crippen molar-refractivity contribution in [3.63, 3.8) is 0 Å². The summed E-state index contributed by atoms with van der Waals surface area (Å²) in [4.78, 5) is 13.7. The lowest BCUT2D eigenvalue weighted by Crippen LogP contribution is -2.48. The Morgan fingerprint density at radius 1 is 1.50 bits per heavy atom. The zero-order valence-electron chi connectivity index (χ0n) is 12.2. The number of carbonyl (C=O) groups excluding carboxylic acids is 1. The smallest absolute Gasteiger partial charge is 0.338 e. The number of aliphatic hydroxyl groups excluding tert-OH is 1. The molecular formula is C16H19FN2O3. The molecule has 3 atom stereocenters. The first-order valence-electron chi connectivity index (χ1n) is 7.27. The van der Waals surface area contributed by atoms with Crippen LogP contribution in [0.2, 0.25) is 0 Å². The molecule has 0 spiro atoms. The van der Waals surface area contributed by atoms with Gasteiger partial charge in [0.2, 0.25) is 0 Å². The van der Waals surface area contributed by atoms with E-state index in [-0.39, 0.29) is 19.5 Å². The molecule has 1 aliphatic rings. The van der Waals surface area contributed by atoms with E-state index in [2.05, 4.69) is 0 Å². The lowest BCUT2D eigenvalue weighted by atomic mass is 10.0. The number of hydrogen-bond donors (Lipinski definition) is 1. The minimum Gasteiger partial charge on any atom is -0.456 e. The first-order valence-corrected chi connectivity index (χ1v) is 7.27. The topological polar surface area (TPSA) is 73.6 Å². The van der Waals surface area contributed by atoms with Crippen LogP contribution >= 0.6 is 0 Å². The average molecular weight is 306 g/mol. The van der Waals surface area contributed by atoms with Crippen LogP contribution < -0.4 is 0 Å². The molecule has 0 saturated carbocycles. The Balaban J connectivity index is 1.83. The number of likely N-dealkylation sites (tertiary alicyclic amines) is 1.